The molecule has 0 unspecified atom stereocenters. The maximum Gasteiger partial charge on any atom is 0.143 e. The van der Waals surface area contributed by atoms with Crippen molar-refractivity contribution in [1.82, 2.24) is 14.5 Å². The molecule has 0 N–H and O–H groups in total. The molecule has 0 atom stereocenters. The number of nitrogens with zero attached hydrogens (tertiary/aromatic N) is 3. The predicted molar refractivity (Wildman–Crippen MR) is 66.4 cm³/mol. The number of hydrogen-bond donors (Lipinski definition) is 0. The summed E-state index contributed by atoms with van der Waals surface area (Å²) >= 11 is 0. The van der Waals surface area contributed by atoms with Crippen LogP contribution in [0, 0.1) is 6.92 Å². The van der Waals surface area contributed by atoms with E-state index in [2.05, 4.69) is 16.9 Å². The van der Waals surface area contributed by atoms with E-state index < -0.39 is 0 Å². The van der Waals surface area contributed by atoms with Gasteiger partial charge in [-0.3, -0.25) is 4.98 Å². The van der Waals surface area contributed by atoms with Crippen LogP contribution in [0.1, 0.15) is 19.0 Å². The summed E-state index contributed by atoms with van der Waals surface area (Å²) < 4.78 is 7.56. The first kappa shape index (κ1) is 11.8. The van der Waals surface area contributed by atoms with Crippen molar-refractivity contribution >= 4 is 0 Å². The smallest absolute Gasteiger partial charge is 0.143 e. The zero-order chi connectivity index (χ0) is 12.1. The van der Waals surface area contributed by atoms with Gasteiger partial charge in [0.1, 0.15) is 12.6 Å². The van der Waals surface area contributed by atoms with Crippen LogP contribution in [0.15, 0.2) is 30.7 Å². The maximum absolute atomic E-state index is 5.55. The van der Waals surface area contributed by atoms with Crippen LogP contribution in [0.5, 0.6) is 0 Å². The molecule has 0 aliphatic carbocycles. The molecule has 4 heteroatoms. The third-order valence-electron chi connectivity index (χ3n) is 2.40. The van der Waals surface area contributed by atoms with E-state index >= 15 is 0 Å². The van der Waals surface area contributed by atoms with Gasteiger partial charge in [0.2, 0.25) is 0 Å². The van der Waals surface area contributed by atoms with Gasteiger partial charge in [-0.1, -0.05) is 6.92 Å². The van der Waals surface area contributed by atoms with Gasteiger partial charge in [-0.05, 0) is 25.5 Å². The average molecular weight is 231 g/mol. The number of ether oxygens (including phenoxy) is 1. The van der Waals surface area contributed by atoms with Crippen molar-refractivity contribution in [2.75, 3.05) is 6.61 Å². The SMILES string of the molecule is CCCOCn1cc(C)nc1-c1cccnc1. The van der Waals surface area contributed by atoms with Gasteiger partial charge in [-0.2, -0.15) is 0 Å². The normalized spacial score (nSPS) is 10.7. The molecule has 0 spiro atoms. The van der Waals surface area contributed by atoms with Crippen molar-refractivity contribution in [3.05, 3.63) is 36.4 Å². The summed E-state index contributed by atoms with van der Waals surface area (Å²) in [5.74, 6) is 0.909. The summed E-state index contributed by atoms with van der Waals surface area (Å²) in [4.78, 5) is 8.62. The number of aromatic nitrogens is 3. The molecule has 4 nitrogen and oxygen atoms in total. The zero-order valence-corrected chi connectivity index (χ0v) is 10.3. The van der Waals surface area contributed by atoms with Crippen molar-refractivity contribution in [3.63, 3.8) is 0 Å². The highest BCUT2D eigenvalue weighted by Gasteiger charge is 2.07. The molecular formula is C13H17N3O. The van der Waals surface area contributed by atoms with Crippen LogP contribution in [0.2, 0.25) is 0 Å². The van der Waals surface area contributed by atoms with Crippen LogP contribution in [0.4, 0.5) is 0 Å². The van der Waals surface area contributed by atoms with E-state index in [9.17, 15) is 0 Å². The van der Waals surface area contributed by atoms with Crippen LogP contribution in [0.3, 0.4) is 0 Å². The van der Waals surface area contributed by atoms with Gasteiger partial charge in [0.05, 0.1) is 5.69 Å². The van der Waals surface area contributed by atoms with E-state index in [0.717, 1.165) is 30.1 Å². The fourth-order valence-corrected chi connectivity index (χ4v) is 1.68. The first-order valence-corrected chi connectivity index (χ1v) is 5.83. The van der Waals surface area contributed by atoms with Gasteiger partial charge in [0, 0.05) is 30.8 Å². The Balaban J connectivity index is 2.22. The molecule has 0 radical (unpaired) electrons. The van der Waals surface area contributed by atoms with Gasteiger partial charge in [-0.25, -0.2) is 4.98 Å². The van der Waals surface area contributed by atoms with E-state index in [1.807, 2.05) is 36.0 Å². The first-order chi connectivity index (χ1) is 8.31. The van der Waals surface area contributed by atoms with Crippen LogP contribution in [-0.4, -0.2) is 21.1 Å². The molecule has 0 fully saturated rings. The molecule has 0 saturated heterocycles. The Bertz CT molecular complexity index is 465. The number of hydrogen-bond acceptors (Lipinski definition) is 3. The van der Waals surface area contributed by atoms with Crippen molar-refractivity contribution in [2.45, 2.75) is 27.0 Å². The summed E-state index contributed by atoms with van der Waals surface area (Å²) in [6, 6.07) is 3.92. The quantitative estimate of drug-likeness (QED) is 0.743. The summed E-state index contributed by atoms with van der Waals surface area (Å²) in [7, 11) is 0. The number of pyridine rings is 1. The lowest BCUT2D eigenvalue weighted by molar-refractivity contribution is 0.0785. The van der Waals surface area contributed by atoms with E-state index in [-0.39, 0.29) is 0 Å². The molecule has 0 amide bonds. The number of aryl methyl sites for hydroxylation is 1. The van der Waals surface area contributed by atoms with Crippen LogP contribution < -0.4 is 0 Å². The van der Waals surface area contributed by atoms with Crippen molar-refractivity contribution in [3.8, 4) is 11.4 Å². The Morgan fingerprint density at radius 1 is 1.41 bits per heavy atom. The molecule has 0 saturated carbocycles. The second-order valence-electron chi connectivity index (χ2n) is 3.95. The highest BCUT2D eigenvalue weighted by molar-refractivity contribution is 5.54. The monoisotopic (exact) mass is 231 g/mol. The summed E-state index contributed by atoms with van der Waals surface area (Å²) in [6.45, 7) is 5.39. The fraction of sp³-hybridized carbons (Fsp3) is 0.385. The molecule has 2 aromatic heterocycles. The van der Waals surface area contributed by atoms with Crippen molar-refractivity contribution < 1.29 is 4.74 Å². The minimum atomic E-state index is 0.541. The molecule has 2 aromatic rings. The third kappa shape index (κ3) is 2.91. The van der Waals surface area contributed by atoms with Crippen LogP contribution in [0.25, 0.3) is 11.4 Å². The third-order valence-corrected chi connectivity index (χ3v) is 2.40. The number of rotatable bonds is 5. The Morgan fingerprint density at radius 3 is 3.00 bits per heavy atom. The molecule has 0 aromatic carbocycles. The molecule has 0 bridgehead atoms. The van der Waals surface area contributed by atoms with Gasteiger partial charge >= 0.3 is 0 Å². The van der Waals surface area contributed by atoms with Gasteiger partial charge in [0.25, 0.3) is 0 Å². The molecule has 0 aliphatic heterocycles. The fourth-order valence-electron chi connectivity index (χ4n) is 1.68. The molecule has 90 valence electrons. The minimum absolute atomic E-state index is 0.541. The lowest BCUT2D eigenvalue weighted by atomic mass is 10.3. The van der Waals surface area contributed by atoms with Gasteiger partial charge < -0.3 is 9.30 Å². The molecule has 17 heavy (non-hydrogen) atoms. The van der Waals surface area contributed by atoms with Crippen molar-refractivity contribution in [2.24, 2.45) is 0 Å². The Labute approximate surface area is 101 Å². The Hall–Kier alpha value is -1.68. The molecule has 2 rings (SSSR count). The topological polar surface area (TPSA) is 39.9 Å². The Kier molecular flexibility index (Phi) is 3.88. The second kappa shape index (κ2) is 5.59. The van der Waals surface area contributed by atoms with Crippen LogP contribution >= 0.6 is 0 Å². The minimum Gasteiger partial charge on any atom is -0.361 e. The van der Waals surface area contributed by atoms with E-state index in [1.165, 1.54) is 0 Å². The number of imidazole rings is 1. The lowest BCUT2D eigenvalue weighted by Crippen LogP contribution is -2.04. The average Bonchev–Trinajstić information content (AvgIpc) is 2.72. The largest absolute Gasteiger partial charge is 0.361 e. The standard InChI is InChI=1S/C13H17N3O/c1-3-7-17-10-16-9-11(2)15-13(16)12-5-4-6-14-8-12/h4-6,8-9H,3,7,10H2,1-2H3. The predicted octanol–water partition coefficient (Wildman–Crippen LogP) is 2.64. The molecular weight excluding hydrogens is 214 g/mol. The maximum atomic E-state index is 5.55. The van der Waals surface area contributed by atoms with E-state index in [0.29, 0.717) is 6.73 Å². The second-order valence-corrected chi connectivity index (χ2v) is 3.95. The lowest BCUT2D eigenvalue weighted by Gasteiger charge is -2.07. The van der Waals surface area contributed by atoms with E-state index in [1.54, 1.807) is 6.20 Å². The highest BCUT2D eigenvalue weighted by Crippen LogP contribution is 2.17. The molecule has 2 heterocycles. The summed E-state index contributed by atoms with van der Waals surface area (Å²) in [5.41, 5.74) is 2.00. The van der Waals surface area contributed by atoms with Gasteiger partial charge in [0.15, 0.2) is 0 Å². The Morgan fingerprint density at radius 2 is 2.29 bits per heavy atom. The van der Waals surface area contributed by atoms with Crippen molar-refractivity contribution in [1.29, 1.82) is 0 Å². The van der Waals surface area contributed by atoms with Gasteiger partial charge in [-0.15, -0.1) is 0 Å². The van der Waals surface area contributed by atoms with E-state index in [4.69, 9.17) is 4.74 Å². The summed E-state index contributed by atoms with van der Waals surface area (Å²) in [5, 5.41) is 0. The van der Waals surface area contributed by atoms with Crippen LogP contribution in [-0.2, 0) is 11.5 Å². The highest BCUT2D eigenvalue weighted by atomic mass is 16.5. The first-order valence-electron chi connectivity index (χ1n) is 5.83. The summed E-state index contributed by atoms with van der Waals surface area (Å²) in [6.07, 6.45) is 6.60. The molecule has 0 aliphatic rings. The zero-order valence-electron chi connectivity index (χ0n) is 10.3.